The highest BCUT2D eigenvalue weighted by atomic mass is 32.2. The van der Waals surface area contributed by atoms with Crippen molar-refractivity contribution in [3.05, 3.63) is 29.8 Å². The Hall–Kier alpha value is -0.950. The van der Waals surface area contributed by atoms with Crippen LogP contribution in [0.2, 0.25) is 0 Å². The van der Waals surface area contributed by atoms with Crippen molar-refractivity contribution in [1.29, 1.82) is 0 Å². The first-order valence-corrected chi connectivity index (χ1v) is 8.86. The van der Waals surface area contributed by atoms with E-state index in [2.05, 4.69) is 9.62 Å². The van der Waals surface area contributed by atoms with Crippen LogP contribution in [-0.2, 0) is 10.0 Å². The lowest BCUT2D eigenvalue weighted by molar-refractivity contribution is 0.248. The lowest BCUT2D eigenvalue weighted by atomic mass is 10.1. The molecule has 0 bridgehead atoms. The van der Waals surface area contributed by atoms with Gasteiger partial charge in [0.1, 0.15) is 0 Å². The first-order valence-electron chi connectivity index (χ1n) is 7.38. The molecule has 1 saturated carbocycles. The monoisotopic (exact) mass is 311 g/mol. The van der Waals surface area contributed by atoms with Gasteiger partial charge in [-0.25, -0.2) is 13.1 Å². The SMILES string of the molecule is CC(N)c1cccc(S(=O)(=O)NCC(C)N(C)C2CC2)c1. The number of nitrogens with two attached hydrogens (primary N) is 1. The van der Waals surface area contributed by atoms with Gasteiger partial charge in [-0.1, -0.05) is 12.1 Å². The molecule has 1 aromatic carbocycles. The third-order valence-corrected chi connectivity index (χ3v) is 5.50. The molecule has 0 heterocycles. The molecule has 3 N–H and O–H groups in total. The summed E-state index contributed by atoms with van der Waals surface area (Å²) in [6, 6.07) is 7.43. The summed E-state index contributed by atoms with van der Waals surface area (Å²) in [7, 11) is -1.43. The molecule has 5 nitrogen and oxygen atoms in total. The number of nitrogens with zero attached hydrogens (tertiary/aromatic N) is 1. The van der Waals surface area contributed by atoms with E-state index in [-0.39, 0.29) is 17.0 Å². The third kappa shape index (κ3) is 4.26. The average molecular weight is 311 g/mol. The van der Waals surface area contributed by atoms with Crippen LogP contribution in [0.25, 0.3) is 0 Å². The van der Waals surface area contributed by atoms with Gasteiger partial charge in [0.2, 0.25) is 10.0 Å². The van der Waals surface area contributed by atoms with Crippen molar-refractivity contribution in [3.8, 4) is 0 Å². The molecule has 0 spiro atoms. The molecular weight excluding hydrogens is 286 g/mol. The molecule has 2 atom stereocenters. The van der Waals surface area contributed by atoms with Crippen molar-refractivity contribution >= 4 is 10.0 Å². The Morgan fingerprint density at radius 3 is 2.62 bits per heavy atom. The van der Waals surface area contributed by atoms with Crippen molar-refractivity contribution in [2.24, 2.45) is 5.73 Å². The van der Waals surface area contributed by atoms with Gasteiger partial charge in [0.15, 0.2) is 0 Å². The highest BCUT2D eigenvalue weighted by Gasteiger charge is 2.29. The minimum Gasteiger partial charge on any atom is -0.324 e. The maximum atomic E-state index is 12.3. The Morgan fingerprint density at radius 1 is 1.38 bits per heavy atom. The normalized spacial score (nSPS) is 18.7. The number of sulfonamides is 1. The summed E-state index contributed by atoms with van der Waals surface area (Å²) in [5.74, 6) is 0. The smallest absolute Gasteiger partial charge is 0.240 e. The summed E-state index contributed by atoms with van der Waals surface area (Å²) in [6.45, 7) is 4.29. The zero-order chi connectivity index (χ0) is 15.6. The second-order valence-corrected chi connectivity index (χ2v) is 7.73. The van der Waals surface area contributed by atoms with Crippen LogP contribution in [0.1, 0.15) is 38.3 Å². The van der Waals surface area contributed by atoms with Gasteiger partial charge < -0.3 is 5.73 Å². The Kier molecular flexibility index (Phi) is 5.03. The summed E-state index contributed by atoms with van der Waals surface area (Å²) in [5, 5.41) is 0. The Bertz CT molecular complexity index is 582. The van der Waals surface area contributed by atoms with E-state index in [1.807, 2.05) is 27.0 Å². The zero-order valence-corrected chi connectivity index (χ0v) is 13.7. The van der Waals surface area contributed by atoms with E-state index in [4.69, 9.17) is 5.73 Å². The fraction of sp³-hybridized carbons (Fsp3) is 0.600. The molecule has 2 rings (SSSR count). The van der Waals surface area contributed by atoms with Gasteiger partial charge in [-0.2, -0.15) is 0 Å². The fourth-order valence-electron chi connectivity index (χ4n) is 2.26. The van der Waals surface area contributed by atoms with Crippen LogP contribution in [0.5, 0.6) is 0 Å². The van der Waals surface area contributed by atoms with E-state index in [1.165, 1.54) is 12.8 Å². The van der Waals surface area contributed by atoms with Crippen molar-refractivity contribution in [3.63, 3.8) is 0 Å². The second kappa shape index (κ2) is 6.44. The Morgan fingerprint density at radius 2 is 2.05 bits per heavy atom. The average Bonchev–Trinajstić information content (AvgIpc) is 3.28. The van der Waals surface area contributed by atoms with Gasteiger partial charge in [0.05, 0.1) is 4.90 Å². The van der Waals surface area contributed by atoms with E-state index < -0.39 is 10.0 Å². The highest BCUT2D eigenvalue weighted by Crippen LogP contribution is 2.26. The molecule has 1 fully saturated rings. The molecule has 1 aromatic rings. The number of rotatable bonds is 7. The maximum Gasteiger partial charge on any atom is 0.240 e. The van der Waals surface area contributed by atoms with Crippen molar-refractivity contribution < 1.29 is 8.42 Å². The molecular formula is C15H25N3O2S. The molecule has 1 aliphatic carbocycles. The number of hydrogen-bond acceptors (Lipinski definition) is 4. The van der Waals surface area contributed by atoms with E-state index in [0.717, 1.165) is 5.56 Å². The van der Waals surface area contributed by atoms with Crippen molar-refractivity contribution in [2.75, 3.05) is 13.6 Å². The molecule has 0 saturated heterocycles. The minimum absolute atomic E-state index is 0.180. The molecule has 6 heteroatoms. The maximum absolute atomic E-state index is 12.3. The van der Waals surface area contributed by atoms with E-state index in [0.29, 0.717) is 12.6 Å². The van der Waals surface area contributed by atoms with Crippen LogP contribution in [0.4, 0.5) is 0 Å². The fourth-order valence-corrected chi connectivity index (χ4v) is 3.44. The number of nitrogens with one attached hydrogen (secondary N) is 1. The van der Waals surface area contributed by atoms with Crippen LogP contribution < -0.4 is 10.5 Å². The topological polar surface area (TPSA) is 75.4 Å². The third-order valence-electron chi connectivity index (χ3n) is 4.08. The van der Waals surface area contributed by atoms with E-state index in [9.17, 15) is 8.42 Å². The quantitative estimate of drug-likeness (QED) is 0.799. The summed E-state index contributed by atoms with van der Waals surface area (Å²) in [4.78, 5) is 2.51. The van der Waals surface area contributed by atoms with Crippen molar-refractivity contribution in [2.45, 2.75) is 49.7 Å². The van der Waals surface area contributed by atoms with E-state index >= 15 is 0 Å². The van der Waals surface area contributed by atoms with Crippen LogP contribution in [-0.4, -0.2) is 39.0 Å². The molecule has 118 valence electrons. The first-order chi connectivity index (χ1) is 9.81. The number of hydrogen-bond donors (Lipinski definition) is 2. The summed E-state index contributed by atoms with van der Waals surface area (Å²) in [5.41, 5.74) is 6.63. The van der Waals surface area contributed by atoms with Gasteiger partial charge in [0, 0.05) is 24.7 Å². The molecule has 1 aliphatic rings. The lowest BCUT2D eigenvalue weighted by Crippen LogP contribution is -2.41. The predicted molar refractivity (Wildman–Crippen MR) is 84.5 cm³/mol. The second-order valence-electron chi connectivity index (χ2n) is 5.96. The van der Waals surface area contributed by atoms with E-state index in [1.54, 1.807) is 18.2 Å². The molecule has 21 heavy (non-hydrogen) atoms. The Balaban J connectivity index is 2.02. The molecule has 2 unspecified atom stereocenters. The molecule has 0 aromatic heterocycles. The number of benzene rings is 1. The number of likely N-dealkylation sites (N-methyl/N-ethyl adjacent to an activating group) is 1. The summed E-state index contributed by atoms with van der Waals surface area (Å²) in [6.07, 6.45) is 2.42. The van der Waals surface area contributed by atoms with Gasteiger partial charge in [-0.05, 0) is 51.4 Å². The Labute approximate surface area is 127 Å². The highest BCUT2D eigenvalue weighted by molar-refractivity contribution is 7.89. The van der Waals surface area contributed by atoms with Crippen molar-refractivity contribution in [1.82, 2.24) is 9.62 Å². The van der Waals surface area contributed by atoms with Crippen LogP contribution >= 0.6 is 0 Å². The minimum atomic E-state index is -3.48. The largest absolute Gasteiger partial charge is 0.324 e. The van der Waals surface area contributed by atoms with Crippen LogP contribution in [0, 0.1) is 0 Å². The summed E-state index contributed by atoms with van der Waals surface area (Å²) >= 11 is 0. The molecule has 0 radical (unpaired) electrons. The lowest BCUT2D eigenvalue weighted by Gasteiger charge is -2.24. The van der Waals surface area contributed by atoms with Gasteiger partial charge in [-0.3, -0.25) is 4.90 Å². The molecule has 0 aliphatic heterocycles. The first kappa shape index (κ1) is 16.4. The zero-order valence-electron chi connectivity index (χ0n) is 12.9. The van der Waals surface area contributed by atoms with Gasteiger partial charge in [-0.15, -0.1) is 0 Å². The van der Waals surface area contributed by atoms with Gasteiger partial charge in [0.25, 0.3) is 0 Å². The predicted octanol–water partition coefficient (Wildman–Crippen LogP) is 1.47. The van der Waals surface area contributed by atoms with Crippen LogP contribution in [0.15, 0.2) is 29.2 Å². The summed E-state index contributed by atoms with van der Waals surface area (Å²) < 4.78 is 27.4. The standard InChI is InChI=1S/C15H25N3O2S/c1-11(18(3)14-7-8-14)10-17-21(19,20)15-6-4-5-13(9-15)12(2)16/h4-6,9,11-12,14,17H,7-8,10,16H2,1-3H3. The molecule has 0 amide bonds. The van der Waals surface area contributed by atoms with Gasteiger partial charge >= 0.3 is 0 Å². The van der Waals surface area contributed by atoms with Crippen LogP contribution in [0.3, 0.4) is 0 Å².